The Morgan fingerprint density at radius 2 is 1.90 bits per heavy atom. The van der Waals surface area contributed by atoms with Crippen LogP contribution in [0.25, 0.3) is 0 Å². The second kappa shape index (κ2) is 6.34. The van der Waals surface area contributed by atoms with Crippen LogP contribution in [-0.2, 0) is 19.0 Å². The standard InChI is InChI=1S/C12H19F2NO5/c1-12(2,3)20-11(17)15-6-7(19-10(13)14)5-8(15)9(16)18-4/h7-8,10H,5-6H2,1-4H3. The minimum atomic E-state index is -2.96. The van der Waals surface area contributed by atoms with Gasteiger partial charge in [-0.3, -0.25) is 4.90 Å². The van der Waals surface area contributed by atoms with Gasteiger partial charge in [0.1, 0.15) is 11.6 Å². The molecular formula is C12H19F2NO5. The number of likely N-dealkylation sites (tertiary alicyclic amines) is 1. The number of amides is 1. The van der Waals surface area contributed by atoms with Gasteiger partial charge in [0.25, 0.3) is 0 Å². The number of hydrogen-bond acceptors (Lipinski definition) is 5. The highest BCUT2D eigenvalue weighted by Crippen LogP contribution is 2.25. The quantitative estimate of drug-likeness (QED) is 0.743. The Balaban J connectivity index is 2.79. The summed E-state index contributed by atoms with van der Waals surface area (Å²) in [6.45, 7) is 1.90. The van der Waals surface area contributed by atoms with E-state index in [4.69, 9.17) is 4.74 Å². The zero-order chi connectivity index (χ0) is 15.5. The molecule has 1 aliphatic heterocycles. The summed E-state index contributed by atoms with van der Waals surface area (Å²) in [6.07, 6.45) is -1.73. The van der Waals surface area contributed by atoms with E-state index < -0.39 is 36.4 Å². The van der Waals surface area contributed by atoms with Crippen molar-refractivity contribution in [3.05, 3.63) is 0 Å². The molecule has 1 amide bonds. The van der Waals surface area contributed by atoms with Crippen molar-refractivity contribution < 1.29 is 32.6 Å². The van der Waals surface area contributed by atoms with Crippen LogP contribution in [0.3, 0.4) is 0 Å². The van der Waals surface area contributed by atoms with E-state index in [2.05, 4.69) is 9.47 Å². The summed E-state index contributed by atoms with van der Waals surface area (Å²) in [5.41, 5.74) is -0.751. The van der Waals surface area contributed by atoms with Crippen LogP contribution in [0.5, 0.6) is 0 Å². The molecule has 0 aromatic rings. The van der Waals surface area contributed by atoms with Crippen molar-refractivity contribution in [3.63, 3.8) is 0 Å². The molecule has 0 radical (unpaired) electrons. The van der Waals surface area contributed by atoms with Gasteiger partial charge >= 0.3 is 18.7 Å². The summed E-state index contributed by atoms with van der Waals surface area (Å²) in [5.74, 6) is -0.684. The maximum atomic E-state index is 12.2. The molecule has 116 valence electrons. The first-order valence-corrected chi connectivity index (χ1v) is 6.15. The predicted molar refractivity (Wildman–Crippen MR) is 64.2 cm³/mol. The second-order valence-electron chi connectivity index (χ2n) is 5.43. The van der Waals surface area contributed by atoms with Gasteiger partial charge in [0.15, 0.2) is 0 Å². The molecule has 1 aliphatic rings. The molecule has 0 N–H and O–H groups in total. The molecule has 0 aliphatic carbocycles. The molecule has 1 heterocycles. The third kappa shape index (κ3) is 4.59. The number of carbonyl (C=O) groups excluding carboxylic acids is 2. The van der Waals surface area contributed by atoms with Crippen molar-refractivity contribution >= 4 is 12.1 Å². The SMILES string of the molecule is COC(=O)C1CC(OC(F)F)CN1C(=O)OC(C)(C)C. The lowest BCUT2D eigenvalue weighted by Crippen LogP contribution is -2.44. The average Bonchev–Trinajstić information content (AvgIpc) is 2.68. The van der Waals surface area contributed by atoms with E-state index >= 15 is 0 Å². The van der Waals surface area contributed by atoms with E-state index in [1.54, 1.807) is 20.8 Å². The zero-order valence-electron chi connectivity index (χ0n) is 11.9. The molecule has 0 bridgehead atoms. The molecule has 2 atom stereocenters. The first-order chi connectivity index (χ1) is 9.14. The van der Waals surface area contributed by atoms with E-state index in [0.717, 1.165) is 12.0 Å². The Hall–Kier alpha value is -1.44. The molecule has 8 heteroatoms. The fourth-order valence-electron chi connectivity index (χ4n) is 1.92. The maximum Gasteiger partial charge on any atom is 0.411 e. The molecule has 0 saturated carbocycles. The number of esters is 1. The van der Waals surface area contributed by atoms with Gasteiger partial charge in [0.2, 0.25) is 0 Å². The highest BCUT2D eigenvalue weighted by molar-refractivity contribution is 5.82. The van der Waals surface area contributed by atoms with Gasteiger partial charge in [0.05, 0.1) is 19.8 Å². The van der Waals surface area contributed by atoms with Crippen LogP contribution in [-0.4, -0.2) is 55.0 Å². The van der Waals surface area contributed by atoms with Gasteiger partial charge < -0.3 is 14.2 Å². The van der Waals surface area contributed by atoms with Crippen LogP contribution < -0.4 is 0 Å². The number of carbonyl (C=O) groups is 2. The Labute approximate surface area is 116 Å². The lowest BCUT2D eigenvalue weighted by atomic mass is 10.2. The van der Waals surface area contributed by atoms with Crippen molar-refractivity contribution in [1.29, 1.82) is 0 Å². The highest BCUT2D eigenvalue weighted by Gasteiger charge is 2.43. The second-order valence-corrected chi connectivity index (χ2v) is 5.43. The van der Waals surface area contributed by atoms with E-state index in [-0.39, 0.29) is 13.0 Å². The van der Waals surface area contributed by atoms with Crippen LogP contribution in [0, 0.1) is 0 Å². The van der Waals surface area contributed by atoms with Crippen molar-refractivity contribution in [2.45, 2.75) is 51.6 Å². The Morgan fingerprint density at radius 1 is 1.30 bits per heavy atom. The fourth-order valence-corrected chi connectivity index (χ4v) is 1.92. The van der Waals surface area contributed by atoms with Gasteiger partial charge in [-0.15, -0.1) is 0 Å². The molecule has 0 spiro atoms. The van der Waals surface area contributed by atoms with Gasteiger partial charge in [-0.25, -0.2) is 9.59 Å². The fraction of sp³-hybridized carbons (Fsp3) is 0.833. The Morgan fingerprint density at radius 3 is 2.35 bits per heavy atom. The van der Waals surface area contributed by atoms with Crippen LogP contribution in [0.2, 0.25) is 0 Å². The van der Waals surface area contributed by atoms with Gasteiger partial charge in [-0.2, -0.15) is 8.78 Å². The molecule has 6 nitrogen and oxygen atoms in total. The molecule has 2 unspecified atom stereocenters. The van der Waals surface area contributed by atoms with E-state index in [0.29, 0.717) is 0 Å². The van der Waals surface area contributed by atoms with Crippen LogP contribution in [0.15, 0.2) is 0 Å². The smallest absolute Gasteiger partial charge is 0.411 e. The first-order valence-electron chi connectivity index (χ1n) is 6.15. The van der Waals surface area contributed by atoms with E-state index in [9.17, 15) is 18.4 Å². The normalized spacial score (nSPS) is 23.1. The summed E-state index contributed by atoms with van der Waals surface area (Å²) in [5, 5.41) is 0. The van der Waals surface area contributed by atoms with Crippen molar-refractivity contribution in [2.24, 2.45) is 0 Å². The summed E-state index contributed by atoms with van der Waals surface area (Å²) < 4.78 is 38.5. The van der Waals surface area contributed by atoms with E-state index in [1.807, 2.05) is 0 Å². The van der Waals surface area contributed by atoms with Crippen molar-refractivity contribution in [2.75, 3.05) is 13.7 Å². The Kier molecular flexibility index (Phi) is 5.27. The number of alkyl halides is 2. The van der Waals surface area contributed by atoms with Crippen LogP contribution >= 0.6 is 0 Å². The number of rotatable bonds is 3. The van der Waals surface area contributed by atoms with Gasteiger partial charge in [-0.05, 0) is 20.8 Å². The number of nitrogens with zero attached hydrogens (tertiary/aromatic N) is 1. The molecule has 1 fully saturated rings. The maximum absolute atomic E-state index is 12.2. The number of hydrogen-bond donors (Lipinski definition) is 0. The van der Waals surface area contributed by atoms with Gasteiger partial charge in [-0.1, -0.05) is 0 Å². The first kappa shape index (κ1) is 16.6. The molecule has 20 heavy (non-hydrogen) atoms. The Bertz CT molecular complexity index is 369. The minimum absolute atomic E-state index is 0.0454. The summed E-state index contributed by atoms with van der Waals surface area (Å²) in [6, 6.07) is -0.974. The lowest BCUT2D eigenvalue weighted by molar-refractivity contribution is -0.159. The third-order valence-corrected chi connectivity index (χ3v) is 2.66. The summed E-state index contributed by atoms with van der Waals surface area (Å²) >= 11 is 0. The van der Waals surface area contributed by atoms with Crippen LogP contribution in [0.1, 0.15) is 27.2 Å². The third-order valence-electron chi connectivity index (χ3n) is 2.66. The minimum Gasteiger partial charge on any atom is -0.467 e. The number of methoxy groups -OCH3 is 1. The van der Waals surface area contributed by atoms with Gasteiger partial charge in [0, 0.05) is 6.42 Å². The topological polar surface area (TPSA) is 65.1 Å². The predicted octanol–water partition coefficient (Wildman–Crippen LogP) is 1.78. The molecule has 1 rings (SSSR count). The lowest BCUT2D eigenvalue weighted by Gasteiger charge is -2.27. The van der Waals surface area contributed by atoms with Crippen molar-refractivity contribution in [1.82, 2.24) is 4.90 Å². The van der Waals surface area contributed by atoms with Crippen LogP contribution in [0.4, 0.5) is 13.6 Å². The number of ether oxygens (including phenoxy) is 3. The van der Waals surface area contributed by atoms with Crippen molar-refractivity contribution in [3.8, 4) is 0 Å². The molecular weight excluding hydrogens is 276 g/mol. The summed E-state index contributed by atoms with van der Waals surface area (Å²) in [4.78, 5) is 24.6. The zero-order valence-corrected chi connectivity index (χ0v) is 11.9. The largest absolute Gasteiger partial charge is 0.467 e. The monoisotopic (exact) mass is 295 g/mol. The highest BCUT2D eigenvalue weighted by atomic mass is 19.3. The average molecular weight is 295 g/mol. The molecule has 0 aromatic carbocycles. The summed E-state index contributed by atoms with van der Waals surface area (Å²) in [7, 11) is 1.16. The molecule has 1 saturated heterocycles. The van der Waals surface area contributed by atoms with E-state index in [1.165, 1.54) is 0 Å². The number of halogens is 2. The molecule has 0 aromatic heterocycles.